The Morgan fingerprint density at radius 3 is 2.12 bits per heavy atom. The highest BCUT2D eigenvalue weighted by molar-refractivity contribution is 7.52. The molecule has 0 saturated heterocycles. The number of esters is 1. The van der Waals surface area contributed by atoms with E-state index in [1.54, 1.807) is 28.8 Å². The fourth-order valence-electron chi connectivity index (χ4n) is 8.18. The van der Waals surface area contributed by atoms with E-state index < -0.39 is 37.4 Å². The summed E-state index contributed by atoms with van der Waals surface area (Å²) in [6, 6.07) is 16.8. The number of aliphatic hydroxyl groups excluding tert-OH is 1. The molecule has 1 aliphatic rings. The van der Waals surface area contributed by atoms with Gasteiger partial charge in [0.25, 0.3) is 0 Å². The van der Waals surface area contributed by atoms with Gasteiger partial charge < -0.3 is 24.7 Å². The Morgan fingerprint density at radius 1 is 0.917 bits per heavy atom. The Morgan fingerprint density at radius 2 is 1.50 bits per heavy atom. The van der Waals surface area contributed by atoms with Gasteiger partial charge in [-0.1, -0.05) is 146 Å². The summed E-state index contributed by atoms with van der Waals surface area (Å²) in [5.74, 6) is -0.297. The average molecular weight is 851 g/mol. The van der Waals surface area contributed by atoms with Gasteiger partial charge in [-0.2, -0.15) is 19.4 Å². The van der Waals surface area contributed by atoms with Crippen molar-refractivity contribution in [3.8, 4) is 5.75 Å². The highest BCUT2D eigenvalue weighted by atomic mass is 31.2. The Labute approximate surface area is 356 Å². The molecule has 0 spiro atoms. The molecule has 0 unspecified atom stereocenters. The molecule has 0 amide bonds. The van der Waals surface area contributed by atoms with E-state index in [2.05, 4.69) is 33.9 Å². The highest BCUT2D eigenvalue weighted by Gasteiger charge is 2.47. The minimum absolute atomic E-state index is 0.0727. The predicted octanol–water partition coefficient (Wildman–Crippen LogP) is 10.8. The van der Waals surface area contributed by atoms with E-state index in [0.29, 0.717) is 6.42 Å². The first-order valence-corrected chi connectivity index (χ1v) is 23.9. The first-order valence-electron chi connectivity index (χ1n) is 22.4. The maximum atomic E-state index is 15.0. The summed E-state index contributed by atoms with van der Waals surface area (Å²) in [6.07, 6.45) is 18.1. The van der Waals surface area contributed by atoms with E-state index in [9.17, 15) is 14.3 Å². The van der Waals surface area contributed by atoms with Gasteiger partial charge in [0.15, 0.2) is 11.5 Å². The lowest BCUT2D eigenvalue weighted by atomic mass is 9.87. The van der Waals surface area contributed by atoms with Crippen molar-refractivity contribution in [1.82, 2.24) is 24.6 Å². The number of halogens is 1. The maximum absolute atomic E-state index is 15.0. The summed E-state index contributed by atoms with van der Waals surface area (Å²) in [7, 11) is -4.33. The molecule has 14 heteroatoms. The molecule has 5 atom stereocenters. The molecular formula is C46H68FN6O6P. The molecule has 4 aromatic rings. The van der Waals surface area contributed by atoms with E-state index in [-0.39, 0.29) is 54.3 Å². The summed E-state index contributed by atoms with van der Waals surface area (Å²) in [5, 5.41) is 14.5. The van der Waals surface area contributed by atoms with Crippen molar-refractivity contribution in [3.63, 3.8) is 0 Å². The molecule has 5 rings (SSSR count). The SMILES string of the molecule is CCCCCCCCCC(CCCCCCCCC)OC(=O)[C@H](Cc1ccccc1)N[P@@](=O)(OC[C@@]1(C)C[C@@H](n2cnc3c(N)nc(F)nc32)C[C@@H]1O)Oc1ccccc1. The third-order valence-electron chi connectivity index (χ3n) is 11.8. The third-order valence-corrected chi connectivity index (χ3v) is 13.3. The second-order valence-corrected chi connectivity index (χ2v) is 18.6. The summed E-state index contributed by atoms with van der Waals surface area (Å²) in [4.78, 5) is 26.2. The predicted molar refractivity (Wildman–Crippen MR) is 235 cm³/mol. The third kappa shape index (κ3) is 14.4. The number of nitrogens with zero attached hydrogens (tertiary/aromatic N) is 4. The standard InChI is InChI=1S/C46H68FN6O6P/c1-4-6-8-10-12-14-20-26-37(27-21-15-13-11-9-7-5-2)58-44(55)39(30-35-24-18-16-19-25-35)52-60(56,59-38-28-22-17-23-29-38)57-33-46(3)32-36(31-40(46)54)53-34-49-41-42(48)50-45(47)51-43(41)53/h16-19,22-25,28-29,34,36-37,39-40,54H,4-15,20-21,26-27,30-33H2,1-3H3,(H,52,56)(H2,48,50,51)/t36-,39-,40-,46+,60+/m0/s1. The van der Waals surface area contributed by atoms with Gasteiger partial charge in [0.1, 0.15) is 23.4 Å². The second kappa shape index (κ2) is 23.9. The quantitative estimate of drug-likeness (QED) is 0.0216. The lowest BCUT2D eigenvalue weighted by molar-refractivity contribution is -0.152. The van der Waals surface area contributed by atoms with Crippen LogP contribution in [0.1, 0.15) is 148 Å². The van der Waals surface area contributed by atoms with Gasteiger partial charge >= 0.3 is 19.8 Å². The number of hydrogen-bond acceptors (Lipinski definition) is 10. The van der Waals surface area contributed by atoms with Crippen LogP contribution >= 0.6 is 7.75 Å². The Balaban J connectivity index is 1.33. The number of benzene rings is 2. The number of ether oxygens (including phenoxy) is 1. The van der Waals surface area contributed by atoms with E-state index >= 15 is 4.57 Å². The molecule has 0 aliphatic heterocycles. The van der Waals surface area contributed by atoms with Crippen molar-refractivity contribution < 1.29 is 32.6 Å². The van der Waals surface area contributed by atoms with E-state index in [1.165, 1.54) is 70.5 Å². The topological polar surface area (TPSA) is 164 Å². The highest BCUT2D eigenvalue weighted by Crippen LogP contribution is 2.51. The van der Waals surface area contributed by atoms with Gasteiger partial charge in [-0.05, 0) is 62.6 Å². The molecule has 1 aliphatic carbocycles. The van der Waals surface area contributed by atoms with Crippen LogP contribution in [0.5, 0.6) is 5.75 Å². The summed E-state index contributed by atoms with van der Waals surface area (Å²) in [6.45, 7) is 6.09. The van der Waals surface area contributed by atoms with Gasteiger partial charge in [-0.15, -0.1) is 0 Å². The monoisotopic (exact) mass is 850 g/mol. The zero-order valence-corrected chi connectivity index (χ0v) is 36.9. The smallest absolute Gasteiger partial charge is 0.459 e. The van der Waals surface area contributed by atoms with Crippen LogP contribution in [-0.4, -0.2) is 55.5 Å². The number of carbonyl (C=O) groups excluding carboxylic acids is 1. The number of aliphatic hydroxyl groups is 1. The molecule has 330 valence electrons. The number of anilines is 1. The zero-order chi connectivity index (χ0) is 42.8. The molecule has 2 heterocycles. The molecule has 4 N–H and O–H groups in total. The molecular weight excluding hydrogens is 783 g/mol. The molecule has 1 saturated carbocycles. The zero-order valence-electron chi connectivity index (χ0n) is 36.0. The summed E-state index contributed by atoms with van der Waals surface area (Å²) >= 11 is 0. The largest absolute Gasteiger partial charge is 0.461 e. The van der Waals surface area contributed by atoms with Crippen LogP contribution in [0, 0.1) is 11.5 Å². The fourth-order valence-corrected chi connectivity index (χ4v) is 9.80. The molecule has 1 fully saturated rings. The number of fused-ring (bicyclic) bond motifs is 1. The van der Waals surface area contributed by atoms with E-state index in [0.717, 1.165) is 44.1 Å². The van der Waals surface area contributed by atoms with Crippen molar-refractivity contribution in [2.45, 2.75) is 167 Å². The van der Waals surface area contributed by atoms with E-state index in [4.69, 9.17) is 19.5 Å². The molecule has 0 radical (unpaired) electrons. The van der Waals surface area contributed by atoms with Crippen LogP contribution in [0.25, 0.3) is 11.2 Å². The average Bonchev–Trinajstić information content (AvgIpc) is 3.79. The normalized spacial score (nSPS) is 19.4. The number of nitrogens with one attached hydrogen (secondary N) is 1. The minimum atomic E-state index is -4.33. The maximum Gasteiger partial charge on any atom is 0.459 e. The number of carbonyl (C=O) groups is 1. The molecule has 60 heavy (non-hydrogen) atoms. The molecule has 2 aromatic carbocycles. The van der Waals surface area contributed by atoms with Gasteiger partial charge in [-0.25, -0.2) is 9.55 Å². The number of aromatic nitrogens is 4. The lowest BCUT2D eigenvalue weighted by Crippen LogP contribution is -2.42. The number of nitrogen functional groups attached to an aromatic ring is 1. The first-order chi connectivity index (χ1) is 29.0. The van der Waals surface area contributed by atoms with Gasteiger partial charge in [0, 0.05) is 11.5 Å². The van der Waals surface area contributed by atoms with Gasteiger partial charge in [0.05, 0.1) is 19.0 Å². The lowest BCUT2D eigenvalue weighted by Gasteiger charge is -2.31. The van der Waals surface area contributed by atoms with Gasteiger partial charge in [0.2, 0.25) is 0 Å². The van der Waals surface area contributed by atoms with Crippen molar-refractivity contribution in [3.05, 3.63) is 78.6 Å². The van der Waals surface area contributed by atoms with Crippen molar-refractivity contribution in [2.24, 2.45) is 5.41 Å². The van der Waals surface area contributed by atoms with Crippen molar-refractivity contribution >= 4 is 30.7 Å². The van der Waals surface area contributed by atoms with Crippen LogP contribution in [0.3, 0.4) is 0 Å². The number of hydrogen-bond donors (Lipinski definition) is 3. The Kier molecular flexibility index (Phi) is 18.8. The van der Waals surface area contributed by atoms with Crippen molar-refractivity contribution in [2.75, 3.05) is 12.3 Å². The van der Waals surface area contributed by atoms with E-state index in [1.807, 2.05) is 43.3 Å². The minimum Gasteiger partial charge on any atom is -0.461 e. The first kappa shape index (κ1) is 47.2. The number of imidazole rings is 1. The molecule has 12 nitrogen and oxygen atoms in total. The van der Waals surface area contributed by atoms with Crippen LogP contribution in [0.4, 0.5) is 10.2 Å². The fraction of sp³-hybridized carbons (Fsp3) is 0.609. The van der Waals surface area contributed by atoms with Crippen LogP contribution < -0.4 is 15.3 Å². The Hall–Kier alpha value is -3.90. The summed E-state index contributed by atoms with van der Waals surface area (Å²) in [5.41, 5.74) is 6.33. The second-order valence-electron chi connectivity index (χ2n) is 16.9. The summed E-state index contributed by atoms with van der Waals surface area (Å²) < 4.78 is 49.7. The van der Waals surface area contributed by atoms with Crippen molar-refractivity contribution in [1.29, 1.82) is 0 Å². The number of para-hydroxylation sites is 1. The van der Waals surface area contributed by atoms with Crippen LogP contribution in [-0.2, 0) is 25.0 Å². The van der Waals surface area contributed by atoms with Crippen LogP contribution in [0.2, 0.25) is 0 Å². The Bertz CT molecular complexity index is 1900. The number of unbranched alkanes of at least 4 members (excludes halogenated alkanes) is 12. The molecule has 0 bridgehead atoms. The molecule has 2 aromatic heterocycles. The van der Waals surface area contributed by atoms with Gasteiger partial charge in [-0.3, -0.25) is 9.32 Å². The number of nitrogens with two attached hydrogens (primary N) is 1. The van der Waals surface area contributed by atoms with Crippen LogP contribution in [0.15, 0.2) is 67.0 Å². The number of rotatable bonds is 28.